The zero-order chi connectivity index (χ0) is 24.4. The van der Waals surface area contributed by atoms with E-state index in [1.165, 1.54) is 23.0 Å². The zero-order valence-electron chi connectivity index (χ0n) is 18.8. The van der Waals surface area contributed by atoms with Crippen molar-refractivity contribution in [3.8, 4) is 5.75 Å². The van der Waals surface area contributed by atoms with Gasteiger partial charge in [-0.25, -0.2) is 9.79 Å². The highest BCUT2D eigenvalue weighted by atomic mass is 35.5. The van der Waals surface area contributed by atoms with Crippen molar-refractivity contribution in [2.75, 3.05) is 13.7 Å². The molecule has 1 atom stereocenters. The Balaban J connectivity index is 1.99. The Morgan fingerprint density at radius 3 is 2.71 bits per heavy atom. The fourth-order valence-corrected chi connectivity index (χ4v) is 5.21. The van der Waals surface area contributed by atoms with Gasteiger partial charge in [0.05, 0.1) is 39.6 Å². The van der Waals surface area contributed by atoms with Crippen molar-refractivity contribution >= 4 is 46.6 Å². The van der Waals surface area contributed by atoms with E-state index >= 15 is 0 Å². The third kappa shape index (κ3) is 4.43. The van der Waals surface area contributed by atoms with Crippen LogP contribution in [0, 0.1) is 0 Å². The van der Waals surface area contributed by atoms with E-state index in [9.17, 15) is 9.59 Å². The summed E-state index contributed by atoms with van der Waals surface area (Å²) < 4.78 is 13.0. The number of aromatic nitrogens is 1. The molecule has 9 heteroatoms. The van der Waals surface area contributed by atoms with Gasteiger partial charge in [-0.1, -0.05) is 71.8 Å². The van der Waals surface area contributed by atoms with Gasteiger partial charge < -0.3 is 9.47 Å². The van der Waals surface area contributed by atoms with Crippen molar-refractivity contribution < 1.29 is 14.3 Å². The van der Waals surface area contributed by atoms with Crippen LogP contribution >= 0.6 is 34.5 Å². The Kier molecular flexibility index (Phi) is 7.26. The first kappa shape index (κ1) is 24.3. The minimum atomic E-state index is -0.756. The Morgan fingerprint density at radius 2 is 1.97 bits per heavy atom. The van der Waals surface area contributed by atoms with Gasteiger partial charge in [-0.2, -0.15) is 0 Å². The zero-order valence-corrected chi connectivity index (χ0v) is 21.1. The van der Waals surface area contributed by atoms with Crippen LogP contribution in [-0.4, -0.2) is 24.3 Å². The van der Waals surface area contributed by atoms with Gasteiger partial charge in [0.2, 0.25) is 0 Å². The number of benzene rings is 2. The lowest BCUT2D eigenvalue weighted by atomic mass is 9.95. The Labute approximate surface area is 210 Å². The first-order valence-corrected chi connectivity index (χ1v) is 12.2. The van der Waals surface area contributed by atoms with Crippen LogP contribution in [0.25, 0.3) is 6.08 Å². The van der Waals surface area contributed by atoms with Crippen LogP contribution in [0.1, 0.15) is 37.4 Å². The number of thiazole rings is 1. The van der Waals surface area contributed by atoms with Crippen molar-refractivity contribution in [3.63, 3.8) is 0 Å². The molecule has 0 saturated heterocycles. The molecule has 0 amide bonds. The molecule has 6 nitrogen and oxygen atoms in total. The van der Waals surface area contributed by atoms with E-state index < -0.39 is 12.0 Å². The predicted molar refractivity (Wildman–Crippen MR) is 134 cm³/mol. The van der Waals surface area contributed by atoms with Crippen molar-refractivity contribution in [1.29, 1.82) is 0 Å². The number of halogens is 2. The normalized spacial score (nSPS) is 15.7. The number of fused-ring (bicyclic) bond motifs is 1. The van der Waals surface area contributed by atoms with E-state index in [1.807, 2.05) is 31.2 Å². The molecular formula is C25H22Cl2N2O4S. The van der Waals surface area contributed by atoms with E-state index in [1.54, 1.807) is 31.2 Å². The molecule has 0 saturated carbocycles. The van der Waals surface area contributed by atoms with E-state index in [0.717, 1.165) is 6.42 Å². The summed E-state index contributed by atoms with van der Waals surface area (Å²) in [5.74, 6) is 0.0432. The summed E-state index contributed by atoms with van der Waals surface area (Å²) in [6.45, 7) is 4.25. The third-order valence-corrected chi connectivity index (χ3v) is 7.19. The summed E-state index contributed by atoms with van der Waals surface area (Å²) in [5, 5.41) is 0.753. The molecule has 0 radical (unpaired) electrons. The number of para-hydroxylation sites is 1. The van der Waals surface area contributed by atoms with Gasteiger partial charge in [0.1, 0.15) is 11.8 Å². The van der Waals surface area contributed by atoms with Gasteiger partial charge >= 0.3 is 5.97 Å². The second-order valence-electron chi connectivity index (χ2n) is 7.60. The summed E-state index contributed by atoms with van der Waals surface area (Å²) in [6.07, 6.45) is 2.50. The molecular weight excluding hydrogens is 495 g/mol. The summed E-state index contributed by atoms with van der Waals surface area (Å²) in [5.41, 5.74) is 1.76. The summed E-state index contributed by atoms with van der Waals surface area (Å²) in [4.78, 5) is 31.6. The van der Waals surface area contributed by atoms with Crippen molar-refractivity contribution in [2.45, 2.75) is 26.3 Å². The second kappa shape index (κ2) is 10.2. The highest BCUT2D eigenvalue weighted by molar-refractivity contribution is 7.07. The Morgan fingerprint density at radius 1 is 1.21 bits per heavy atom. The fourth-order valence-electron chi connectivity index (χ4n) is 3.81. The molecule has 0 aliphatic carbocycles. The van der Waals surface area contributed by atoms with Gasteiger partial charge in [0, 0.05) is 5.56 Å². The van der Waals surface area contributed by atoms with Crippen molar-refractivity contribution in [3.05, 3.63) is 94.6 Å². The number of hydrogen-bond acceptors (Lipinski definition) is 6. The van der Waals surface area contributed by atoms with Gasteiger partial charge in [-0.15, -0.1) is 0 Å². The maximum Gasteiger partial charge on any atom is 0.338 e. The molecule has 4 rings (SSSR count). The largest absolute Gasteiger partial charge is 0.493 e. The van der Waals surface area contributed by atoms with Crippen LogP contribution in [0.5, 0.6) is 5.75 Å². The number of carbonyl (C=O) groups is 1. The number of rotatable bonds is 6. The molecule has 0 fully saturated rings. The van der Waals surface area contributed by atoms with Crippen molar-refractivity contribution in [2.24, 2.45) is 4.99 Å². The average Bonchev–Trinajstić information content (AvgIpc) is 3.14. The maximum absolute atomic E-state index is 13.7. The van der Waals surface area contributed by atoms with Crippen molar-refractivity contribution in [1.82, 2.24) is 4.57 Å². The number of hydrogen-bond donors (Lipinski definition) is 0. The highest BCUT2D eigenvalue weighted by Crippen LogP contribution is 2.35. The number of ether oxygens (including phenoxy) is 2. The SMILES string of the molecule is CCCOc1ccccc1[C@H]1C(C(=O)OC)=C(C)N=c2sc(=Cc3cccc(Cl)c3Cl)c(=O)n21. The Hall–Kier alpha value is -2.87. The molecule has 34 heavy (non-hydrogen) atoms. The van der Waals surface area contributed by atoms with Crippen LogP contribution in [0.4, 0.5) is 0 Å². The lowest BCUT2D eigenvalue weighted by Gasteiger charge is -2.26. The summed E-state index contributed by atoms with van der Waals surface area (Å²) >= 11 is 13.7. The van der Waals surface area contributed by atoms with Gasteiger partial charge in [-0.3, -0.25) is 9.36 Å². The maximum atomic E-state index is 13.7. The van der Waals surface area contributed by atoms with Crippen LogP contribution in [0.15, 0.2) is 63.5 Å². The van der Waals surface area contributed by atoms with E-state index in [2.05, 4.69) is 4.99 Å². The number of esters is 1. The molecule has 1 aliphatic heterocycles. The number of nitrogens with zero attached hydrogens (tertiary/aromatic N) is 2. The van der Waals surface area contributed by atoms with E-state index in [-0.39, 0.29) is 11.1 Å². The molecule has 0 spiro atoms. The van der Waals surface area contributed by atoms with Crippen LogP contribution in [0.2, 0.25) is 10.0 Å². The third-order valence-electron chi connectivity index (χ3n) is 5.37. The number of methoxy groups -OCH3 is 1. The highest BCUT2D eigenvalue weighted by Gasteiger charge is 2.34. The quantitative estimate of drug-likeness (QED) is 0.452. The minimum Gasteiger partial charge on any atom is -0.493 e. The molecule has 0 bridgehead atoms. The average molecular weight is 517 g/mol. The van der Waals surface area contributed by atoms with E-state index in [0.29, 0.717) is 48.6 Å². The molecule has 2 heterocycles. The first-order valence-electron chi connectivity index (χ1n) is 10.6. The van der Waals surface area contributed by atoms with Gasteiger partial charge in [0.15, 0.2) is 4.80 Å². The van der Waals surface area contributed by atoms with Gasteiger partial charge in [-0.05, 0) is 37.1 Å². The monoisotopic (exact) mass is 516 g/mol. The minimum absolute atomic E-state index is 0.287. The molecule has 0 unspecified atom stereocenters. The lowest BCUT2D eigenvalue weighted by molar-refractivity contribution is -0.136. The molecule has 1 aliphatic rings. The van der Waals surface area contributed by atoms with Crippen LogP contribution in [-0.2, 0) is 9.53 Å². The van der Waals surface area contributed by atoms with Crippen LogP contribution < -0.4 is 19.6 Å². The molecule has 0 N–H and O–H groups in total. The number of carbonyl (C=O) groups excluding carboxylic acids is 1. The molecule has 3 aromatic rings. The molecule has 1 aromatic heterocycles. The first-order chi connectivity index (χ1) is 16.4. The summed E-state index contributed by atoms with van der Waals surface area (Å²) in [7, 11) is 1.31. The topological polar surface area (TPSA) is 69.9 Å². The van der Waals surface area contributed by atoms with Crippen LogP contribution in [0.3, 0.4) is 0 Å². The second-order valence-corrected chi connectivity index (χ2v) is 9.40. The van der Waals surface area contributed by atoms with E-state index in [4.69, 9.17) is 32.7 Å². The fraction of sp³-hybridized carbons (Fsp3) is 0.240. The smallest absolute Gasteiger partial charge is 0.338 e. The molecule has 2 aromatic carbocycles. The number of allylic oxidation sites excluding steroid dienone is 1. The lowest BCUT2D eigenvalue weighted by Crippen LogP contribution is -2.40. The van der Waals surface area contributed by atoms with Gasteiger partial charge in [0.25, 0.3) is 5.56 Å². The standard InChI is InChI=1S/C25H22Cl2N2O4S/c1-4-12-33-18-11-6-5-9-16(18)22-20(24(31)32-3)14(2)28-25-29(22)23(30)19(34-25)13-15-8-7-10-17(26)21(15)27/h5-11,13,22H,4,12H2,1-3H3/t22-/m0/s1. The Bertz CT molecular complexity index is 1470. The summed E-state index contributed by atoms with van der Waals surface area (Å²) in [6, 6.07) is 11.9. The predicted octanol–water partition coefficient (Wildman–Crippen LogP) is 4.50. The molecule has 176 valence electrons.